The number of carbonyl (C=O) groups excluding carboxylic acids is 2. The van der Waals surface area contributed by atoms with Gasteiger partial charge in [-0.25, -0.2) is 0 Å². The molecule has 0 N–H and O–H groups in total. The minimum absolute atomic E-state index is 0.240. The average molecular weight is 316 g/mol. The van der Waals surface area contributed by atoms with Crippen molar-refractivity contribution in [2.45, 2.75) is 13.8 Å². The Kier molecular flexibility index (Phi) is 5.44. The molecule has 2 amide bonds. The second kappa shape index (κ2) is 7.31. The van der Waals surface area contributed by atoms with E-state index in [2.05, 4.69) is 25.3 Å². The maximum Gasteiger partial charge on any atom is 0.293 e. The number of thioether (sulfide) groups is 1. The Hall–Kier alpha value is -2.01. The first-order chi connectivity index (χ1) is 10.6. The van der Waals surface area contributed by atoms with E-state index in [1.807, 2.05) is 24.3 Å². The summed E-state index contributed by atoms with van der Waals surface area (Å²) in [6.45, 7) is 9.96. The Bertz CT molecular complexity index is 604. The lowest BCUT2D eigenvalue weighted by atomic mass is 10.1. The highest BCUT2D eigenvalue weighted by Gasteiger charge is 2.33. The third kappa shape index (κ3) is 3.42. The van der Waals surface area contributed by atoms with Gasteiger partial charge in [-0.2, -0.15) is 0 Å². The number of benzene rings is 1. The molecule has 1 heterocycles. The Morgan fingerprint density at radius 1 is 1.18 bits per heavy atom. The lowest BCUT2D eigenvalue weighted by molar-refractivity contribution is -0.122. The van der Waals surface area contributed by atoms with Crippen LogP contribution in [0.25, 0.3) is 6.08 Å². The van der Waals surface area contributed by atoms with Gasteiger partial charge in [-0.15, -0.1) is 6.58 Å². The van der Waals surface area contributed by atoms with Gasteiger partial charge in [0.1, 0.15) is 0 Å². The number of hydrogen-bond donors (Lipinski definition) is 0. The molecule has 0 aromatic heterocycles. The lowest BCUT2D eigenvalue weighted by Crippen LogP contribution is -2.27. The molecule has 0 bridgehead atoms. The molecule has 0 unspecified atom stereocenters. The zero-order valence-electron chi connectivity index (χ0n) is 12.9. The van der Waals surface area contributed by atoms with Crippen molar-refractivity contribution in [2.75, 3.05) is 24.5 Å². The average Bonchev–Trinajstić information content (AvgIpc) is 2.78. The summed E-state index contributed by atoms with van der Waals surface area (Å²) in [4.78, 5) is 27.8. The predicted octanol–water partition coefficient (Wildman–Crippen LogP) is 3.76. The summed E-state index contributed by atoms with van der Waals surface area (Å²) >= 11 is 0.976. The summed E-state index contributed by atoms with van der Waals surface area (Å²) in [5.41, 5.74) is 2.07. The normalized spacial score (nSPS) is 16.5. The smallest absolute Gasteiger partial charge is 0.293 e. The first-order valence-electron chi connectivity index (χ1n) is 7.32. The van der Waals surface area contributed by atoms with Gasteiger partial charge in [-0.3, -0.25) is 14.5 Å². The van der Waals surface area contributed by atoms with E-state index < -0.39 is 0 Å². The Balaban J connectivity index is 2.18. The van der Waals surface area contributed by atoms with E-state index in [9.17, 15) is 9.59 Å². The minimum Gasteiger partial charge on any atom is -0.372 e. The zero-order chi connectivity index (χ0) is 16.1. The molecule has 1 aromatic rings. The van der Waals surface area contributed by atoms with Crippen molar-refractivity contribution < 1.29 is 9.59 Å². The highest BCUT2D eigenvalue weighted by atomic mass is 32.2. The van der Waals surface area contributed by atoms with Gasteiger partial charge in [0.05, 0.1) is 4.91 Å². The molecular formula is C17H20N2O2S. The summed E-state index contributed by atoms with van der Waals surface area (Å²) in [5, 5.41) is -0.240. The van der Waals surface area contributed by atoms with Crippen molar-refractivity contribution in [1.29, 1.82) is 0 Å². The third-order valence-corrected chi connectivity index (χ3v) is 4.41. The van der Waals surface area contributed by atoms with Crippen molar-refractivity contribution in [3.63, 3.8) is 0 Å². The number of anilines is 1. The molecule has 116 valence electrons. The lowest BCUT2D eigenvalue weighted by Gasteiger charge is -2.20. The van der Waals surface area contributed by atoms with Crippen LogP contribution >= 0.6 is 11.8 Å². The Morgan fingerprint density at radius 2 is 1.82 bits per heavy atom. The fourth-order valence-electron chi connectivity index (χ4n) is 2.31. The van der Waals surface area contributed by atoms with Crippen molar-refractivity contribution in [2.24, 2.45) is 0 Å². The number of carbonyl (C=O) groups is 2. The topological polar surface area (TPSA) is 40.6 Å². The van der Waals surface area contributed by atoms with Crippen LogP contribution in [0.1, 0.15) is 19.4 Å². The highest BCUT2D eigenvalue weighted by molar-refractivity contribution is 8.18. The number of nitrogens with zero attached hydrogens (tertiary/aromatic N) is 2. The van der Waals surface area contributed by atoms with Gasteiger partial charge in [0.2, 0.25) is 0 Å². The summed E-state index contributed by atoms with van der Waals surface area (Å²) in [6.07, 6.45) is 3.32. The van der Waals surface area contributed by atoms with Gasteiger partial charge in [-0.1, -0.05) is 18.2 Å². The van der Waals surface area contributed by atoms with E-state index in [0.29, 0.717) is 4.91 Å². The molecular weight excluding hydrogens is 296 g/mol. The predicted molar refractivity (Wildman–Crippen MR) is 92.9 cm³/mol. The molecule has 1 saturated heterocycles. The van der Waals surface area contributed by atoms with Gasteiger partial charge in [0.25, 0.3) is 11.1 Å². The van der Waals surface area contributed by atoms with Crippen LogP contribution in [-0.4, -0.2) is 35.7 Å². The standard InChI is InChI=1S/C17H20N2O2S/c1-4-11-19-16(20)15(22-17(19)21)12-13-7-9-14(10-8-13)18(5-2)6-3/h4,7-10,12H,1,5-6,11H2,2-3H3/b15-12+. The van der Waals surface area contributed by atoms with Gasteiger partial charge >= 0.3 is 0 Å². The van der Waals surface area contributed by atoms with Crippen LogP contribution in [0.15, 0.2) is 41.8 Å². The Morgan fingerprint density at radius 3 is 2.36 bits per heavy atom. The molecule has 1 fully saturated rings. The van der Waals surface area contributed by atoms with Crippen molar-refractivity contribution in [1.82, 2.24) is 4.90 Å². The second-order valence-corrected chi connectivity index (χ2v) is 5.84. The molecule has 22 heavy (non-hydrogen) atoms. The summed E-state index contributed by atoms with van der Waals surface area (Å²) in [6, 6.07) is 8.00. The van der Waals surface area contributed by atoms with Crippen molar-refractivity contribution >= 4 is 34.7 Å². The van der Waals surface area contributed by atoms with Crippen LogP contribution in [0, 0.1) is 0 Å². The zero-order valence-corrected chi connectivity index (χ0v) is 13.7. The third-order valence-electron chi connectivity index (χ3n) is 3.50. The molecule has 1 aliphatic heterocycles. The minimum atomic E-state index is -0.247. The number of imide groups is 1. The molecule has 0 spiro atoms. The number of rotatable bonds is 6. The van der Waals surface area contributed by atoms with Crippen LogP contribution in [0.3, 0.4) is 0 Å². The van der Waals surface area contributed by atoms with E-state index in [1.54, 1.807) is 12.2 Å². The van der Waals surface area contributed by atoms with Crippen LogP contribution in [-0.2, 0) is 4.79 Å². The molecule has 0 radical (unpaired) electrons. The summed E-state index contributed by atoms with van der Waals surface area (Å²) in [7, 11) is 0. The Labute approximate surface area is 135 Å². The molecule has 0 aliphatic carbocycles. The van der Waals surface area contributed by atoms with Crippen molar-refractivity contribution in [3.05, 3.63) is 47.4 Å². The summed E-state index contributed by atoms with van der Waals surface area (Å²) in [5.74, 6) is -0.247. The second-order valence-electron chi connectivity index (χ2n) is 4.84. The molecule has 2 rings (SSSR count). The highest BCUT2D eigenvalue weighted by Crippen LogP contribution is 2.32. The number of amides is 2. The maximum absolute atomic E-state index is 12.1. The molecule has 0 atom stereocenters. The number of hydrogen-bond acceptors (Lipinski definition) is 4. The molecule has 1 aromatic carbocycles. The van der Waals surface area contributed by atoms with Gasteiger partial charge < -0.3 is 4.90 Å². The van der Waals surface area contributed by atoms with E-state index in [-0.39, 0.29) is 17.7 Å². The van der Waals surface area contributed by atoms with E-state index >= 15 is 0 Å². The molecule has 4 nitrogen and oxygen atoms in total. The van der Waals surface area contributed by atoms with Gasteiger partial charge in [0, 0.05) is 25.3 Å². The first-order valence-corrected chi connectivity index (χ1v) is 8.13. The van der Waals surface area contributed by atoms with E-state index in [0.717, 1.165) is 36.1 Å². The molecule has 1 aliphatic rings. The van der Waals surface area contributed by atoms with Crippen LogP contribution in [0.2, 0.25) is 0 Å². The van der Waals surface area contributed by atoms with E-state index in [4.69, 9.17) is 0 Å². The molecule has 0 saturated carbocycles. The van der Waals surface area contributed by atoms with E-state index in [1.165, 1.54) is 4.90 Å². The van der Waals surface area contributed by atoms with Crippen LogP contribution < -0.4 is 4.90 Å². The monoisotopic (exact) mass is 316 g/mol. The fraction of sp³-hybridized carbons (Fsp3) is 0.294. The van der Waals surface area contributed by atoms with Gasteiger partial charge in [-0.05, 0) is 49.4 Å². The SMILES string of the molecule is C=CCN1C(=O)S/C(=C/c2ccc(N(CC)CC)cc2)C1=O. The van der Waals surface area contributed by atoms with Crippen LogP contribution in [0.5, 0.6) is 0 Å². The van der Waals surface area contributed by atoms with Crippen LogP contribution in [0.4, 0.5) is 10.5 Å². The largest absolute Gasteiger partial charge is 0.372 e. The first kappa shape index (κ1) is 16.4. The quantitative estimate of drug-likeness (QED) is 0.592. The summed E-state index contributed by atoms with van der Waals surface area (Å²) < 4.78 is 0. The van der Waals surface area contributed by atoms with Gasteiger partial charge in [0.15, 0.2) is 0 Å². The molecule has 5 heteroatoms. The maximum atomic E-state index is 12.1. The van der Waals surface area contributed by atoms with Crippen molar-refractivity contribution in [3.8, 4) is 0 Å². The fourth-order valence-corrected chi connectivity index (χ4v) is 3.16.